The third-order valence-electron chi connectivity index (χ3n) is 5.05. The molecule has 3 amide bonds. The molecular weight excluding hydrogens is 408 g/mol. The van der Waals surface area contributed by atoms with Crippen molar-refractivity contribution in [3.05, 3.63) is 16.4 Å². The maximum Gasteiger partial charge on any atom is 0.271 e. The summed E-state index contributed by atoms with van der Waals surface area (Å²) in [6.45, 7) is 8.45. The van der Waals surface area contributed by atoms with Crippen LogP contribution >= 0.6 is 11.6 Å². The molecule has 30 heavy (non-hydrogen) atoms. The van der Waals surface area contributed by atoms with E-state index in [0.29, 0.717) is 31.6 Å². The number of halogens is 1. The summed E-state index contributed by atoms with van der Waals surface area (Å²) in [6.07, 6.45) is 1.26. The SMILES string of the molecule is CCn1nc(C)c(Cl)c1C(=O)N[C@@H](CC(C)C)C(=O)N[C@H](C#N)C[C@@H]1CCNC1=O. The molecule has 1 fully saturated rings. The molecular formula is C20H29ClN6O3. The zero-order valence-corrected chi connectivity index (χ0v) is 18.5. The van der Waals surface area contributed by atoms with Gasteiger partial charge in [0.25, 0.3) is 5.91 Å². The highest BCUT2D eigenvalue weighted by atomic mass is 35.5. The van der Waals surface area contributed by atoms with Crippen LogP contribution in [0.25, 0.3) is 0 Å². The first-order valence-corrected chi connectivity index (χ1v) is 10.6. The molecule has 2 rings (SSSR count). The van der Waals surface area contributed by atoms with E-state index in [2.05, 4.69) is 21.0 Å². The standard InChI is InChI=1S/C20H29ClN6O3/c1-5-27-17(16(21)12(4)26-27)20(30)25-15(8-11(2)3)19(29)24-14(10-22)9-13-6-7-23-18(13)28/h11,13-15H,5-9H2,1-4H3,(H,23,28)(H,24,29)(H,25,30)/t13-,14-,15-/m0/s1. The summed E-state index contributed by atoms with van der Waals surface area (Å²) in [5.41, 5.74) is 0.741. The minimum absolute atomic E-state index is 0.102. The number of nitriles is 1. The molecule has 164 valence electrons. The van der Waals surface area contributed by atoms with Crippen LogP contribution < -0.4 is 16.0 Å². The maximum atomic E-state index is 12.9. The molecule has 2 heterocycles. The first kappa shape index (κ1) is 23.7. The predicted octanol–water partition coefficient (Wildman–Crippen LogP) is 1.54. The third-order valence-corrected chi connectivity index (χ3v) is 5.51. The summed E-state index contributed by atoms with van der Waals surface area (Å²) in [5, 5.41) is 22.1. The van der Waals surface area contributed by atoms with Gasteiger partial charge in [-0.05, 0) is 39.0 Å². The summed E-state index contributed by atoms with van der Waals surface area (Å²) in [4.78, 5) is 37.5. The van der Waals surface area contributed by atoms with Crippen LogP contribution in [-0.2, 0) is 16.1 Å². The quantitative estimate of drug-likeness (QED) is 0.540. The zero-order chi connectivity index (χ0) is 22.4. The normalized spacial score (nSPS) is 17.9. The summed E-state index contributed by atoms with van der Waals surface area (Å²) in [6, 6.07) is 0.384. The fraction of sp³-hybridized carbons (Fsp3) is 0.650. The number of hydrogen-bond acceptors (Lipinski definition) is 5. The van der Waals surface area contributed by atoms with Gasteiger partial charge in [-0.2, -0.15) is 10.4 Å². The molecule has 0 bridgehead atoms. The highest BCUT2D eigenvalue weighted by Gasteiger charge is 2.31. The minimum atomic E-state index is -0.845. The van der Waals surface area contributed by atoms with Crippen molar-refractivity contribution in [1.29, 1.82) is 5.26 Å². The van der Waals surface area contributed by atoms with Crippen LogP contribution in [0.4, 0.5) is 0 Å². The lowest BCUT2D eigenvalue weighted by Crippen LogP contribution is -2.50. The fourth-order valence-electron chi connectivity index (χ4n) is 3.51. The first-order valence-electron chi connectivity index (χ1n) is 10.2. The maximum absolute atomic E-state index is 12.9. The Hall–Kier alpha value is -2.60. The number of aromatic nitrogens is 2. The van der Waals surface area contributed by atoms with E-state index in [4.69, 9.17) is 11.6 Å². The summed E-state index contributed by atoms with van der Waals surface area (Å²) < 4.78 is 1.49. The Bertz CT molecular complexity index is 844. The average molecular weight is 437 g/mol. The van der Waals surface area contributed by atoms with Gasteiger partial charge in [-0.15, -0.1) is 0 Å². The van der Waals surface area contributed by atoms with Crippen LogP contribution in [0.3, 0.4) is 0 Å². The largest absolute Gasteiger partial charge is 0.356 e. The molecule has 0 saturated carbocycles. The van der Waals surface area contributed by atoms with Crippen molar-refractivity contribution in [3.8, 4) is 6.07 Å². The molecule has 1 aliphatic heterocycles. The molecule has 3 atom stereocenters. The summed E-state index contributed by atoms with van der Waals surface area (Å²) in [7, 11) is 0. The highest BCUT2D eigenvalue weighted by Crippen LogP contribution is 2.21. The number of nitrogens with zero attached hydrogens (tertiary/aromatic N) is 3. The smallest absolute Gasteiger partial charge is 0.271 e. The van der Waals surface area contributed by atoms with Crippen LogP contribution in [0.2, 0.25) is 5.02 Å². The Balaban J connectivity index is 2.12. The van der Waals surface area contributed by atoms with Crippen molar-refractivity contribution in [3.63, 3.8) is 0 Å². The monoisotopic (exact) mass is 436 g/mol. The molecule has 3 N–H and O–H groups in total. The second-order valence-electron chi connectivity index (χ2n) is 7.92. The van der Waals surface area contributed by atoms with Gasteiger partial charge in [-0.25, -0.2) is 0 Å². The Morgan fingerprint density at radius 2 is 2.10 bits per heavy atom. The van der Waals surface area contributed by atoms with E-state index in [1.807, 2.05) is 26.8 Å². The Kier molecular flexibility index (Phi) is 8.24. The van der Waals surface area contributed by atoms with Gasteiger partial charge in [-0.1, -0.05) is 25.4 Å². The van der Waals surface area contributed by atoms with Crippen LogP contribution in [0.5, 0.6) is 0 Å². The van der Waals surface area contributed by atoms with Gasteiger partial charge in [0.2, 0.25) is 11.8 Å². The lowest BCUT2D eigenvalue weighted by Gasteiger charge is -2.22. The molecule has 10 heteroatoms. The highest BCUT2D eigenvalue weighted by molar-refractivity contribution is 6.34. The molecule has 0 unspecified atom stereocenters. The van der Waals surface area contributed by atoms with Crippen LogP contribution in [0.1, 0.15) is 56.2 Å². The van der Waals surface area contributed by atoms with E-state index >= 15 is 0 Å². The number of amides is 3. The molecule has 9 nitrogen and oxygen atoms in total. The topological polar surface area (TPSA) is 129 Å². The van der Waals surface area contributed by atoms with E-state index in [1.165, 1.54) is 4.68 Å². The number of hydrogen-bond donors (Lipinski definition) is 3. The van der Waals surface area contributed by atoms with Crippen molar-refractivity contribution in [1.82, 2.24) is 25.7 Å². The van der Waals surface area contributed by atoms with Crippen LogP contribution in [-0.4, -0.2) is 46.1 Å². The number of aryl methyl sites for hydroxylation is 2. The number of carbonyl (C=O) groups is 3. The summed E-state index contributed by atoms with van der Waals surface area (Å²) in [5.74, 6) is -1.23. The van der Waals surface area contributed by atoms with Crippen molar-refractivity contribution < 1.29 is 14.4 Å². The molecule has 0 aliphatic carbocycles. The number of nitrogens with one attached hydrogen (secondary N) is 3. The molecule has 1 aliphatic rings. The lowest BCUT2D eigenvalue weighted by molar-refractivity contribution is -0.125. The first-order chi connectivity index (χ1) is 14.2. The summed E-state index contributed by atoms with van der Waals surface area (Å²) >= 11 is 6.25. The van der Waals surface area contributed by atoms with Gasteiger partial charge in [0.15, 0.2) is 0 Å². The lowest BCUT2D eigenvalue weighted by atomic mass is 9.98. The minimum Gasteiger partial charge on any atom is -0.356 e. The van der Waals surface area contributed by atoms with E-state index in [1.54, 1.807) is 6.92 Å². The zero-order valence-electron chi connectivity index (χ0n) is 17.8. The van der Waals surface area contributed by atoms with E-state index in [0.717, 1.165) is 0 Å². The predicted molar refractivity (Wildman–Crippen MR) is 112 cm³/mol. The van der Waals surface area contributed by atoms with Gasteiger partial charge in [0.1, 0.15) is 17.8 Å². The molecule has 0 spiro atoms. The third kappa shape index (κ3) is 5.72. The molecule has 0 radical (unpaired) electrons. The van der Waals surface area contributed by atoms with Gasteiger partial charge in [0, 0.05) is 19.0 Å². The second-order valence-corrected chi connectivity index (χ2v) is 8.30. The molecule has 1 aromatic rings. The van der Waals surface area contributed by atoms with Gasteiger partial charge >= 0.3 is 0 Å². The van der Waals surface area contributed by atoms with Gasteiger partial charge < -0.3 is 16.0 Å². The van der Waals surface area contributed by atoms with Crippen molar-refractivity contribution in [2.24, 2.45) is 11.8 Å². The molecule has 1 saturated heterocycles. The van der Waals surface area contributed by atoms with Gasteiger partial charge in [-0.3, -0.25) is 19.1 Å². The number of carbonyl (C=O) groups excluding carboxylic acids is 3. The van der Waals surface area contributed by atoms with Crippen molar-refractivity contribution in [2.45, 2.75) is 65.6 Å². The fourth-order valence-corrected chi connectivity index (χ4v) is 3.73. The Labute approximate surface area is 181 Å². The van der Waals surface area contributed by atoms with Crippen molar-refractivity contribution >= 4 is 29.3 Å². The Morgan fingerprint density at radius 1 is 1.40 bits per heavy atom. The second kappa shape index (κ2) is 10.4. The van der Waals surface area contributed by atoms with Crippen LogP contribution in [0.15, 0.2) is 0 Å². The van der Waals surface area contributed by atoms with E-state index in [-0.39, 0.29) is 34.9 Å². The van der Waals surface area contributed by atoms with Crippen LogP contribution in [0, 0.1) is 30.1 Å². The Morgan fingerprint density at radius 3 is 2.63 bits per heavy atom. The van der Waals surface area contributed by atoms with E-state index < -0.39 is 23.9 Å². The van der Waals surface area contributed by atoms with Crippen molar-refractivity contribution in [2.75, 3.05) is 6.54 Å². The number of rotatable bonds is 9. The van der Waals surface area contributed by atoms with Gasteiger partial charge in [0.05, 0.1) is 16.8 Å². The molecule has 0 aromatic carbocycles. The molecule has 1 aromatic heterocycles. The average Bonchev–Trinajstić information content (AvgIpc) is 3.22. The van der Waals surface area contributed by atoms with E-state index in [9.17, 15) is 19.6 Å².